The average molecular weight is 404 g/mol. The summed E-state index contributed by atoms with van der Waals surface area (Å²) in [4.78, 5) is 19.1. The molecular weight excluding hydrogens is 378 g/mol. The summed E-state index contributed by atoms with van der Waals surface area (Å²) in [5, 5.41) is 4.55. The predicted molar refractivity (Wildman–Crippen MR) is 106 cm³/mol. The molecule has 2 aliphatic heterocycles. The molecule has 0 bridgehead atoms. The number of fused-ring (bicyclic) bond motifs is 1. The summed E-state index contributed by atoms with van der Waals surface area (Å²) in [6.45, 7) is 5.81. The minimum absolute atomic E-state index is 0.00229. The molecule has 150 valence electrons. The molecule has 0 aliphatic carbocycles. The Labute approximate surface area is 165 Å². The maximum atomic E-state index is 12.8. The average Bonchev–Trinajstić information content (AvgIpc) is 3.37. The summed E-state index contributed by atoms with van der Waals surface area (Å²) in [7, 11) is -3.44. The van der Waals surface area contributed by atoms with E-state index in [0.717, 1.165) is 31.5 Å². The number of sulfonamides is 1. The van der Waals surface area contributed by atoms with Crippen LogP contribution in [-0.2, 0) is 10.0 Å². The van der Waals surface area contributed by atoms with E-state index in [1.165, 1.54) is 10.6 Å². The number of benzene rings is 1. The van der Waals surface area contributed by atoms with Crippen LogP contribution in [0.5, 0.6) is 0 Å². The number of hydrogen-bond donors (Lipinski definition) is 0. The number of aromatic nitrogens is 3. The van der Waals surface area contributed by atoms with E-state index >= 15 is 0 Å². The first-order valence-corrected chi connectivity index (χ1v) is 11.4. The van der Waals surface area contributed by atoms with Crippen molar-refractivity contribution in [1.82, 2.24) is 19.7 Å². The maximum absolute atomic E-state index is 12.8. The lowest BCUT2D eigenvalue weighted by Crippen LogP contribution is -2.29. The van der Waals surface area contributed by atoms with E-state index in [-0.39, 0.29) is 24.4 Å². The van der Waals surface area contributed by atoms with Gasteiger partial charge < -0.3 is 4.90 Å². The van der Waals surface area contributed by atoms with Crippen LogP contribution < -0.4 is 4.31 Å². The Morgan fingerprint density at radius 1 is 1.21 bits per heavy atom. The van der Waals surface area contributed by atoms with Gasteiger partial charge in [0.25, 0.3) is 5.91 Å². The molecule has 1 aromatic heterocycles. The number of hydrogen-bond acceptors (Lipinski definition) is 5. The highest BCUT2D eigenvalue weighted by Gasteiger charge is 2.37. The molecule has 1 fully saturated rings. The molecule has 0 saturated carbocycles. The van der Waals surface area contributed by atoms with E-state index in [9.17, 15) is 13.2 Å². The number of carbonyl (C=O) groups excluding carboxylic acids is 1. The Hall–Kier alpha value is -2.42. The highest BCUT2D eigenvalue weighted by molar-refractivity contribution is 7.92. The van der Waals surface area contributed by atoms with Gasteiger partial charge in [-0.2, -0.15) is 5.10 Å². The molecule has 2 aromatic rings. The van der Waals surface area contributed by atoms with Crippen LogP contribution in [-0.4, -0.2) is 59.9 Å². The summed E-state index contributed by atoms with van der Waals surface area (Å²) in [6, 6.07) is 5.44. The lowest BCUT2D eigenvalue weighted by molar-refractivity contribution is 0.0792. The third-order valence-electron chi connectivity index (χ3n) is 5.43. The van der Waals surface area contributed by atoms with E-state index in [1.807, 2.05) is 24.8 Å². The van der Waals surface area contributed by atoms with Gasteiger partial charge in [0, 0.05) is 31.2 Å². The minimum atomic E-state index is -3.44. The van der Waals surface area contributed by atoms with Gasteiger partial charge in [0.1, 0.15) is 6.33 Å². The molecule has 1 atom stereocenters. The number of amides is 1. The standard InChI is InChI=1S/C19H25N5O3S/c1-13(2)23-12-20-18(21-23)16-11-24(28(3,26)27)17-7-6-14(10-15(16)17)19(25)22-8-4-5-9-22/h6-7,10,12-13,16H,4-5,8-9,11H2,1-3H3/t16-/m0/s1. The first kappa shape index (κ1) is 18.9. The molecule has 0 N–H and O–H groups in total. The van der Waals surface area contributed by atoms with Gasteiger partial charge in [-0.15, -0.1) is 0 Å². The number of rotatable bonds is 4. The Morgan fingerprint density at radius 2 is 1.93 bits per heavy atom. The second kappa shape index (κ2) is 6.88. The largest absolute Gasteiger partial charge is 0.339 e. The summed E-state index contributed by atoms with van der Waals surface area (Å²) in [5.41, 5.74) is 1.98. The molecule has 2 aliphatic rings. The van der Waals surface area contributed by atoms with E-state index in [1.54, 1.807) is 23.1 Å². The van der Waals surface area contributed by atoms with Crippen LogP contribution in [0.1, 0.15) is 60.4 Å². The van der Waals surface area contributed by atoms with Gasteiger partial charge in [-0.1, -0.05) is 0 Å². The van der Waals surface area contributed by atoms with Crippen molar-refractivity contribution in [2.24, 2.45) is 0 Å². The number of carbonyl (C=O) groups is 1. The molecule has 28 heavy (non-hydrogen) atoms. The summed E-state index contributed by atoms with van der Waals surface area (Å²) < 4.78 is 27.8. The monoisotopic (exact) mass is 403 g/mol. The lowest BCUT2D eigenvalue weighted by atomic mass is 9.98. The van der Waals surface area contributed by atoms with Crippen LogP contribution in [0, 0.1) is 0 Å². The van der Waals surface area contributed by atoms with Crippen LogP contribution in [0.15, 0.2) is 24.5 Å². The Kier molecular flexibility index (Phi) is 4.65. The number of likely N-dealkylation sites (tertiary alicyclic amines) is 1. The van der Waals surface area contributed by atoms with Gasteiger partial charge >= 0.3 is 0 Å². The van der Waals surface area contributed by atoms with Crippen molar-refractivity contribution in [3.05, 3.63) is 41.5 Å². The topological polar surface area (TPSA) is 88.4 Å². The zero-order chi connectivity index (χ0) is 20.1. The van der Waals surface area contributed by atoms with E-state index in [2.05, 4.69) is 10.1 Å². The van der Waals surface area contributed by atoms with Crippen molar-refractivity contribution in [3.8, 4) is 0 Å². The number of anilines is 1. The Morgan fingerprint density at radius 3 is 2.54 bits per heavy atom. The summed E-state index contributed by atoms with van der Waals surface area (Å²) in [5.74, 6) is 0.278. The zero-order valence-electron chi connectivity index (χ0n) is 16.4. The smallest absolute Gasteiger partial charge is 0.253 e. The van der Waals surface area contributed by atoms with Crippen molar-refractivity contribution >= 4 is 21.6 Å². The predicted octanol–water partition coefficient (Wildman–Crippen LogP) is 2.01. The van der Waals surface area contributed by atoms with E-state index in [0.29, 0.717) is 17.1 Å². The van der Waals surface area contributed by atoms with Gasteiger partial charge in [-0.05, 0) is 50.5 Å². The molecule has 9 heteroatoms. The third kappa shape index (κ3) is 3.28. The van der Waals surface area contributed by atoms with Gasteiger partial charge in [-0.25, -0.2) is 13.4 Å². The number of nitrogens with zero attached hydrogens (tertiary/aromatic N) is 5. The van der Waals surface area contributed by atoms with Crippen LogP contribution in [0.2, 0.25) is 0 Å². The third-order valence-corrected chi connectivity index (χ3v) is 6.57. The second-order valence-corrected chi connectivity index (χ2v) is 9.70. The van der Waals surface area contributed by atoms with Crippen molar-refractivity contribution in [2.45, 2.75) is 38.6 Å². The van der Waals surface area contributed by atoms with Crippen molar-refractivity contribution in [3.63, 3.8) is 0 Å². The van der Waals surface area contributed by atoms with Gasteiger partial charge in [0.05, 0.1) is 17.9 Å². The fraction of sp³-hybridized carbons (Fsp3) is 0.526. The van der Waals surface area contributed by atoms with Gasteiger partial charge in [0.2, 0.25) is 10.0 Å². The molecule has 0 radical (unpaired) electrons. The molecule has 0 spiro atoms. The maximum Gasteiger partial charge on any atom is 0.253 e. The van der Waals surface area contributed by atoms with Crippen LogP contribution in [0.4, 0.5) is 5.69 Å². The van der Waals surface area contributed by atoms with Crippen LogP contribution in [0.3, 0.4) is 0 Å². The van der Waals surface area contributed by atoms with Crippen molar-refractivity contribution < 1.29 is 13.2 Å². The molecular formula is C19H25N5O3S. The van der Waals surface area contributed by atoms with Crippen molar-refractivity contribution in [1.29, 1.82) is 0 Å². The van der Waals surface area contributed by atoms with Gasteiger partial charge in [-0.3, -0.25) is 13.8 Å². The molecule has 3 heterocycles. The van der Waals surface area contributed by atoms with Gasteiger partial charge in [0.15, 0.2) is 5.82 Å². The van der Waals surface area contributed by atoms with Crippen LogP contribution >= 0.6 is 0 Å². The first-order chi connectivity index (χ1) is 13.3. The molecule has 1 amide bonds. The summed E-state index contributed by atoms with van der Waals surface area (Å²) >= 11 is 0. The highest BCUT2D eigenvalue weighted by Crippen LogP contribution is 2.41. The fourth-order valence-corrected chi connectivity index (χ4v) is 4.83. The van der Waals surface area contributed by atoms with Crippen LogP contribution in [0.25, 0.3) is 0 Å². The fourth-order valence-electron chi connectivity index (χ4n) is 3.89. The Balaban J connectivity index is 1.76. The molecule has 4 rings (SSSR count). The lowest BCUT2D eigenvalue weighted by Gasteiger charge is -2.18. The molecule has 1 aromatic carbocycles. The normalized spacial score (nSPS) is 19.5. The zero-order valence-corrected chi connectivity index (χ0v) is 17.2. The SMILES string of the molecule is CC(C)n1cnc([C@H]2CN(S(C)(=O)=O)c3ccc(C(=O)N4CCCC4)cc32)n1. The highest BCUT2D eigenvalue weighted by atomic mass is 32.2. The Bertz CT molecular complexity index is 1010. The van der Waals surface area contributed by atoms with Crippen molar-refractivity contribution in [2.75, 3.05) is 30.2 Å². The first-order valence-electron chi connectivity index (χ1n) is 9.57. The molecule has 8 nitrogen and oxygen atoms in total. The van der Waals surface area contributed by atoms with E-state index < -0.39 is 10.0 Å². The summed E-state index contributed by atoms with van der Waals surface area (Å²) in [6.07, 6.45) is 4.92. The molecule has 0 unspecified atom stereocenters. The second-order valence-electron chi connectivity index (χ2n) is 7.80. The minimum Gasteiger partial charge on any atom is -0.339 e. The quantitative estimate of drug-likeness (QED) is 0.779. The molecule has 1 saturated heterocycles. The van der Waals surface area contributed by atoms with E-state index in [4.69, 9.17) is 0 Å².